The van der Waals surface area contributed by atoms with Crippen molar-refractivity contribution in [3.8, 4) is 17.0 Å². The highest BCUT2D eigenvalue weighted by Crippen LogP contribution is 2.32. The number of hydrogen-bond acceptors (Lipinski definition) is 6. The second kappa shape index (κ2) is 7.19. The highest BCUT2D eigenvalue weighted by Gasteiger charge is 2.19. The number of nitrogens with two attached hydrogens (primary N) is 1. The number of anilines is 2. The number of nitrogen functional groups attached to an aromatic ring is 1. The van der Waals surface area contributed by atoms with E-state index in [4.69, 9.17) is 15.5 Å². The van der Waals surface area contributed by atoms with Crippen LogP contribution in [0, 0.1) is 0 Å². The molecule has 2 aromatic carbocycles. The molecule has 0 bridgehead atoms. The molecule has 28 heavy (non-hydrogen) atoms. The van der Waals surface area contributed by atoms with Gasteiger partial charge in [0.1, 0.15) is 11.6 Å². The van der Waals surface area contributed by atoms with Crippen LogP contribution in [0.1, 0.15) is 5.56 Å². The maximum atomic E-state index is 6.26. The maximum Gasteiger partial charge on any atom is 0.228 e. The van der Waals surface area contributed by atoms with E-state index in [1.165, 1.54) is 5.56 Å². The molecule has 0 saturated carbocycles. The predicted octanol–water partition coefficient (Wildman–Crippen LogP) is 3.26. The SMILES string of the molecule is COc1ccc(-c2nc(N(C)Cc3ccccc3)nc3nn(C)c(N)c23)cc1. The first kappa shape index (κ1) is 17.8. The van der Waals surface area contributed by atoms with Gasteiger partial charge in [-0.15, -0.1) is 0 Å². The van der Waals surface area contributed by atoms with Crippen molar-refractivity contribution in [1.29, 1.82) is 0 Å². The third-order valence-electron chi connectivity index (χ3n) is 4.70. The van der Waals surface area contributed by atoms with Crippen LogP contribution in [-0.4, -0.2) is 33.9 Å². The van der Waals surface area contributed by atoms with Crippen molar-refractivity contribution in [3.63, 3.8) is 0 Å². The smallest absolute Gasteiger partial charge is 0.228 e. The van der Waals surface area contributed by atoms with E-state index < -0.39 is 0 Å². The van der Waals surface area contributed by atoms with Gasteiger partial charge in [-0.05, 0) is 29.8 Å². The largest absolute Gasteiger partial charge is 0.497 e. The predicted molar refractivity (Wildman–Crippen MR) is 111 cm³/mol. The Morgan fingerprint density at radius 2 is 1.75 bits per heavy atom. The fraction of sp³-hybridized carbons (Fsp3) is 0.190. The number of ether oxygens (including phenoxy) is 1. The number of nitrogens with zero attached hydrogens (tertiary/aromatic N) is 5. The van der Waals surface area contributed by atoms with Crippen LogP contribution in [-0.2, 0) is 13.6 Å². The van der Waals surface area contributed by atoms with Gasteiger partial charge in [0.15, 0.2) is 5.65 Å². The van der Waals surface area contributed by atoms with Crippen LogP contribution in [0.2, 0.25) is 0 Å². The van der Waals surface area contributed by atoms with Crippen LogP contribution in [0.4, 0.5) is 11.8 Å². The molecule has 142 valence electrons. The fourth-order valence-corrected chi connectivity index (χ4v) is 3.16. The first-order valence-electron chi connectivity index (χ1n) is 8.96. The van der Waals surface area contributed by atoms with Gasteiger partial charge in [0, 0.05) is 26.2 Å². The van der Waals surface area contributed by atoms with E-state index in [9.17, 15) is 0 Å². The first-order valence-corrected chi connectivity index (χ1v) is 8.96. The van der Waals surface area contributed by atoms with Crippen molar-refractivity contribution in [3.05, 3.63) is 60.2 Å². The van der Waals surface area contributed by atoms with E-state index >= 15 is 0 Å². The molecule has 4 aromatic rings. The van der Waals surface area contributed by atoms with Crippen molar-refractivity contribution in [2.45, 2.75) is 6.54 Å². The van der Waals surface area contributed by atoms with Crippen LogP contribution in [0.15, 0.2) is 54.6 Å². The van der Waals surface area contributed by atoms with Crippen LogP contribution in [0.25, 0.3) is 22.3 Å². The Morgan fingerprint density at radius 3 is 2.43 bits per heavy atom. The van der Waals surface area contributed by atoms with Gasteiger partial charge in [0.2, 0.25) is 5.95 Å². The molecule has 0 saturated heterocycles. The third kappa shape index (κ3) is 3.22. The average Bonchev–Trinajstić information content (AvgIpc) is 3.02. The quantitative estimate of drug-likeness (QED) is 0.577. The zero-order valence-corrected chi connectivity index (χ0v) is 16.1. The topological polar surface area (TPSA) is 82.1 Å². The van der Waals surface area contributed by atoms with Gasteiger partial charge in [0.25, 0.3) is 0 Å². The maximum absolute atomic E-state index is 6.26. The van der Waals surface area contributed by atoms with Gasteiger partial charge in [-0.1, -0.05) is 30.3 Å². The van der Waals surface area contributed by atoms with Crippen LogP contribution >= 0.6 is 0 Å². The Hall–Kier alpha value is -3.61. The lowest BCUT2D eigenvalue weighted by Crippen LogP contribution is -2.19. The Morgan fingerprint density at radius 1 is 1.04 bits per heavy atom. The van der Waals surface area contributed by atoms with E-state index in [1.807, 2.05) is 61.5 Å². The van der Waals surface area contributed by atoms with Crippen molar-refractivity contribution in [2.24, 2.45) is 7.05 Å². The molecule has 0 aliphatic rings. The molecule has 4 rings (SSSR count). The van der Waals surface area contributed by atoms with E-state index in [0.717, 1.165) is 22.4 Å². The van der Waals surface area contributed by atoms with Gasteiger partial charge in [0.05, 0.1) is 18.2 Å². The molecule has 7 heteroatoms. The van der Waals surface area contributed by atoms with Gasteiger partial charge in [-0.3, -0.25) is 4.68 Å². The third-order valence-corrected chi connectivity index (χ3v) is 4.70. The Labute approximate surface area is 163 Å². The molecule has 0 atom stereocenters. The van der Waals surface area contributed by atoms with Crippen LogP contribution in [0.5, 0.6) is 5.75 Å². The lowest BCUT2D eigenvalue weighted by atomic mass is 10.1. The van der Waals surface area contributed by atoms with Gasteiger partial charge < -0.3 is 15.4 Å². The molecule has 7 nitrogen and oxygen atoms in total. The molecule has 0 fully saturated rings. The van der Waals surface area contributed by atoms with Crippen molar-refractivity contribution >= 4 is 22.8 Å². The Balaban J connectivity index is 1.82. The lowest BCUT2D eigenvalue weighted by molar-refractivity contribution is 0.415. The minimum absolute atomic E-state index is 0.540. The van der Waals surface area contributed by atoms with Gasteiger partial charge >= 0.3 is 0 Å². The molecule has 2 aromatic heterocycles. The number of rotatable bonds is 5. The summed E-state index contributed by atoms with van der Waals surface area (Å²) in [5.41, 5.74) is 9.71. The minimum atomic E-state index is 0.540. The number of methoxy groups -OCH3 is 1. The molecule has 0 aliphatic heterocycles. The normalized spacial score (nSPS) is 11.0. The van der Waals surface area contributed by atoms with Crippen molar-refractivity contribution in [1.82, 2.24) is 19.7 Å². The molecule has 2 heterocycles. The summed E-state index contributed by atoms with van der Waals surface area (Å²) in [5.74, 6) is 1.92. The van der Waals surface area contributed by atoms with E-state index in [0.29, 0.717) is 24.0 Å². The number of aromatic nitrogens is 4. The first-order chi connectivity index (χ1) is 13.6. The number of fused-ring (bicyclic) bond motifs is 1. The highest BCUT2D eigenvalue weighted by atomic mass is 16.5. The van der Waals surface area contributed by atoms with Crippen molar-refractivity contribution in [2.75, 3.05) is 24.8 Å². The highest BCUT2D eigenvalue weighted by molar-refractivity contribution is 5.98. The molecule has 0 aliphatic carbocycles. The second-order valence-electron chi connectivity index (χ2n) is 6.65. The van der Waals surface area contributed by atoms with E-state index in [1.54, 1.807) is 11.8 Å². The van der Waals surface area contributed by atoms with Gasteiger partial charge in [-0.25, -0.2) is 4.98 Å². The monoisotopic (exact) mass is 374 g/mol. The summed E-state index contributed by atoms with van der Waals surface area (Å²) in [5, 5.41) is 5.23. The zero-order valence-electron chi connectivity index (χ0n) is 16.1. The molecule has 0 amide bonds. The molecule has 0 radical (unpaired) electrons. The van der Waals surface area contributed by atoms with E-state index in [2.05, 4.69) is 22.2 Å². The Bertz CT molecular complexity index is 1110. The summed E-state index contributed by atoms with van der Waals surface area (Å²) in [6.45, 7) is 0.691. The average molecular weight is 374 g/mol. The summed E-state index contributed by atoms with van der Waals surface area (Å²) >= 11 is 0. The summed E-state index contributed by atoms with van der Waals surface area (Å²) in [4.78, 5) is 11.5. The standard InChI is InChI=1S/C21H22N6O/c1-26(13-14-7-5-4-6-8-14)21-23-18(15-9-11-16(28-3)12-10-15)17-19(22)27(2)25-20(17)24-21/h4-12H,13,22H2,1-3H3. The Kier molecular flexibility index (Phi) is 4.57. The number of benzene rings is 2. The molecular weight excluding hydrogens is 352 g/mol. The van der Waals surface area contributed by atoms with E-state index in [-0.39, 0.29) is 0 Å². The zero-order chi connectivity index (χ0) is 19.7. The summed E-state index contributed by atoms with van der Waals surface area (Å²) in [6, 6.07) is 18.0. The van der Waals surface area contributed by atoms with Crippen LogP contribution in [0.3, 0.4) is 0 Å². The second-order valence-corrected chi connectivity index (χ2v) is 6.65. The number of hydrogen-bond donors (Lipinski definition) is 1. The molecular formula is C21H22N6O. The molecule has 0 unspecified atom stereocenters. The van der Waals surface area contributed by atoms with Crippen molar-refractivity contribution < 1.29 is 4.74 Å². The number of aryl methyl sites for hydroxylation is 1. The summed E-state index contributed by atoms with van der Waals surface area (Å²) < 4.78 is 6.90. The lowest BCUT2D eigenvalue weighted by Gasteiger charge is -2.18. The minimum Gasteiger partial charge on any atom is -0.497 e. The van der Waals surface area contributed by atoms with Crippen LogP contribution < -0.4 is 15.4 Å². The molecule has 0 spiro atoms. The summed E-state index contributed by atoms with van der Waals surface area (Å²) in [6.07, 6.45) is 0. The summed E-state index contributed by atoms with van der Waals surface area (Å²) in [7, 11) is 5.42. The fourth-order valence-electron chi connectivity index (χ4n) is 3.16. The molecule has 2 N–H and O–H groups in total. The van der Waals surface area contributed by atoms with Gasteiger partial charge in [-0.2, -0.15) is 10.1 Å².